The Morgan fingerprint density at radius 1 is 0.957 bits per heavy atom. The number of aryl methyl sites for hydroxylation is 1. The summed E-state index contributed by atoms with van der Waals surface area (Å²) in [4.78, 5) is 13.1. The van der Waals surface area contributed by atoms with Crippen molar-refractivity contribution in [1.82, 2.24) is 19.8 Å². The van der Waals surface area contributed by atoms with E-state index in [4.69, 9.17) is 0 Å². The van der Waals surface area contributed by atoms with Crippen molar-refractivity contribution < 1.29 is 0 Å². The van der Waals surface area contributed by atoms with Gasteiger partial charge in [-0.1, -0.05) is 65.4 Å². The summed E-state index contributed by atoms with van der Waals surface area (Å²) >= 11 is 1.36. The fraction of sp³-hybridized carbons (Fsp3) is 0.0588. The molecule has 5 nitrogen and oxygen atoms in total. The van der Waals surface area contributed by atoms with E-state index in [-0.39, 0.29) is 5.56 Å². The summed E-state index contributed by atoms with van der Waals surface area (Å²) in [6.07, 6.45) is 0. The van der Waals surface area contributed by atoms with Gasteiger partial charge in [0.25, 0.3) is 0 Å². The van der Waals surface area contributed by atoms with Gasteiger partial charge in [-0.2, -0.15) is 9.61 Å². The molecule has 0 unspecified atom stereocenters. The van der Waals surface area contributed by atoms with Gasteiger partial charge >= 0.3 is 5.56 Å². The lowest BCUT2D eigenvalue weighted by Gasteiger charge is -1.98. The van der Waals surface area contributed by atoms with E-state index in [0.717, 1.165) is 21.7 Å². The summed E-state index contributed by atoms with van der Waals surface area (Å²) in [6.45, 7) is 2.02. The highest BCUT2D eigenvalue weighted by Gasteiger charge is 2.14. The largest absolute Gasteiger partial charge is 0.302 e. The molecule has 0 fully saturated rings. The van der Waals surface area contributed by atoms with Crippen LogP contribution in [-0.4, -0.2) is 19.8 Å². The van der Waals surface area contributed by atoms with Crippen LogP contribution in [0, 0.1) is 6.92 Å². The van der Waals surface area contributed by atoms with Crippen LogP contribution in [0.4, 0.5) is 0 Å². The molecule has 23 heavy (non-hydrogen) atoms. The number of fused-ring (bicyclic) bond motifs is 1. The van der Waals surface area contributed by atoms with Crippen LogP contribution in [0.2, 0.25) is 0 Å². The number of hydrogen-bond acceptors (Lipinski definition) is 5. The predicted octanol–water partition coefficient (Wildman–Crippen LogP) is 3.19. The third-order valence-electron chi connectivity index (χ3n) is 3.50. The van der Waals surface area contributed by atoms with E-state index < -0.39 is 0 Å². The second-order valence-electron chi connectivity index (χ2n) is 5.19. The Morgan fingerprint density at radius 2 is 1.74 bits per heavy atom. The van der Waals surface area contributed by atoms with Gasteiger partial charge in [-0.05, 0) is 13.0 Å². The summed E-state index contributed by atoms with van der Waals surface area (Å²) < 4.78 is 1.33. The molecule has 4 aromatic rings. The summed E-state index contributed by atoms with van der Waals surface area (Å²) in [5, 5.41) is 13.4. The van der Waals surface area contributed by atoms with E-state index >= 15 is 0 Å². The number of rotatable bonds is 2. The van der Waals surface area contributed by atoms with Gasteiger partial charge in [0.15, 0.2) is 5.69 Å². The predicted molar refractivity (Wildman–Crippen MR) is 90.5 cm³/mol. The molecule has 0 N–H and O–H groups in total. The molecule has 4 rings (SSSR count). The lowest BCUT2D eigenvalue weighted by Crippen LogP contribution is -2.19. The maximum absolute atomic E-state index is 12.6. The Bertz CT molecular complexity index is 1050. The van der Waals surface area contributed by atoms with Crippen molar-refractivity contribution in [3.05, 3.63) is 70.5 Å². The van der Waals surface area contributed by atoms with E-state index in [0.29, 0.717) is 10.7 Å². The van der Waals surface area contributed by atoms with E-state index in [9.17, 15) is 4.79 Å². The lowest BCUT2D eigenvalue weighted by atomic mass is 10.1. The second-order valence-corrected chi connectivity index (χ2v) is 6.15. The van der Waals surface area contributed by atoms with Gasteiger partial charge in [-0.25, -0.2) is 0 Å². The van der Waals surface area contributed by atoms with E-state index in [1.807, 2.05) is 61.5 Å². The Morgan fingerprint density at radius 3 is 2.52 bits per heavy atom. The van der Waals surface area contributed by atoms with Crippen LogP contribution in [-0.2, 0) is 0 Å². The molecule has 2 aromatic carbocycles. The summed E-state index contributed by atoms with van der Waals surface area (Å²) in [5.41, 5.74) is 2.91. The van der Waals surface area contributed by atoms with Crippen LogP contribution >= 0.6 is 11.3 Å². The molecule has 0 saturated heterocycles. The molecule has 0 aliphatic rings. The van der Waals surface area contributed by atoms with Crippen molar-refractivity contribution in [2.75, 3.05) is 0 Å². The molecule has 0 aliphatic heterocycles. The maximum Gasteiger partial charge on any atom is 0.302 e. The molecule has 2 aromatic heterocycles. The normalized spacial score (nSPS) is 11.0. The van der Waals surface area contributed by atoms with Crippen molar-refractivity contribution in [2.45, 2.75) is 6.92 Å². The van der Waals surface area contributed by atoms with Gasteiger partial charge in [-0.3, -0.25) is 4.79 Å². The van der Waals surface area contributed by atoms with Crippen molar-refractivity contribution >= 4 is 16.3 Å². The molecule has 0 amide bonds. The first-order chi connectivity index (χ1) is 11.2. The molecule has 0 radical (unpaired) electrons. The fourth-order valence-electron chi connectivity index (χ4n) is 2.39. The number of aromatic nitrogens is 4. The Balaban J connectivity index is 1.90. The third-order valence-corrected chi connectivity index (χ3v) is 4.45. The summed E-state index contributed by atoms with van der Waals surface area (Å²) in [5.74, 6) is 0. The quantitative estimate of drug-likeness (QED) is 0.569. The van der Waals surface area contributed by atoms with Crippen LogP contribution in [0.1, 0.15) is 5.56 Å². The standard InChI is InChI=1S/C17H12N4OS/c1-11-6-5-9-13(10-11)15-20-21-16(22)14(18-19-17(21)23-15)12-7-3-2-4-8-12/h2-10H,1H3. The molecule has 6 heteroatoms. The number of benzene rings is 2. The number of nitrogens with zero attached hydrogens (tertiary/aromatic N) is 4. The first kappa shape index (κ1) is 13.8. The van der Waals surface area contributed by atoms with Crippen LogP contribution in [0.25, 0.3) is 26.8 Å². The Labute approximate surface area is 135 Å². The second kappa shape index (κ2) is 5.40. The highest BCUT2D eigenvalue weighted by molar-refractivity contribution is 7.19. The van der Waals surface area contributed by atoms with Crippen LogP contribution in [0.3, 0.4) is 0 Å². The Kier molecular flexibility index (Phi) is 3.24. The molecule has 112 valence electrons. The van der Waals surface area contributed by atoms with Gasteiger partial charge < -0.3 is 0 Å². The van der Waals surface area contributed by atoms with Crippen LogP contribution < -0.4 is 5.56 Å². The molecule has 0 spiro atoms. The lowest BCUT2D eigenvalue weighted by molar-refractivity contribution is 0.862. The van der Waals surface area contributed by atoms with Gasteiger partial charge in [0.05, 0.1) is 0 Å². The van der Waals surface area contributed by atoms with Crippen molar-refractivity contribution in [2.24, 2.45) is 0 Å². The maximum atomic E-state index is 12.6. The molecular weight excluding hydrogens is 308 g/mol. The first-order valence-corrected chi connectivity index (χ1v) is 7.93. The smallest absolute Gasteiger partial charge is 0.265 e. The minimum Gasteiger partial charge on any atom is -0.265 e. The third kappa shape index (κ3) is 2.43. The van der Waals surface area contributed by atoms with E-state index in [1.165, 1.54) is 15.9 Å². The SMILES string of the molecule is Cc1cccc(-c2nn3c(=O)c(-c4ccccc4)nnc3s2)c1. The van der Waals surface area contributed by atoms with Gasteiger partial charge in [0.2, 0.25) is 4.96 Å². The van der Waals surface area contributed by atoms with Gasteiger partial charge in [0.1, 0.15) is 5.01 Å². The van der Waals surface area contributed by atoms with Gasteiger partial charge in [0, 0.05) is 11.1 Å². The first-order valence-electron chi connectivity index (χ1n) is 7.11. The van der Waals surface area contributed by atoms with Gasteiger partial charge in [-0.15, -0.1) is 10.2 Å². The molecule has 0 aliphatic carbocycles. The summed E-state index contributed by atoms with van der Waals surface area (Å²) in [6, 6.07) is 17.3. The zero-order valence-corrected chi connectivity index (χ0v) is 13.1. The minimum absolute atomic E-state index is 0.253. The fourth-order valence-corrected chi connectivity index (χ4v) is 3.22. The summed E-state index contributed by atoms with van der Waals surface area (Å²) in [7, 11) is 0. The topological polar surface area (TPSA) is 60.2 Å². The van der Waals surface area contributed by atoms with Crippen LogP contribution in [0.5, 0.6) is 0 Å². The van der Waals surface area contributed by atoms with Crippen LogP contribution in [0.15, 0.2) is 59.4 Å². The van der Waals surface area contributed by atoms with Crippen molar-refractivity contribution in [3.63, 3.8) is 0 Å². The van der Waals surface area contributed by atoms with E-state index in [1.54, 1.807) is 0 Å². The molecule has 0 bridgehead atoms. The van der Waals surface area contributed by atoms with Crippen molar-refractivity contribution in [1.29, 1.82) is 0 Å². The monoisotopic (exact) mass is 320 g/mol. The minimum atomic E-state index is -0.253. The molecule has 2 heterocycles. The van der Waals surface area contributed by atoms with Crippen molar-refractivity contribution in [3.8, 4) is 21.8 Å². The zero-order valence-electron chi connectivity index (χ0n) is 12.3. The highest BCUT2D eigenvalue weighted by atomic mass is 32.1. The average Bonchev–Trinajstić information content (AvgIpc) is 3.01. The van der Waals surface area contributed by atoms with E-state index in [2.05, 4.69) is 15.3 Å². The number of hydrogen-bond donors (Lipinski definition) is 0. The highest BCUT2D eigenvalue weighted by Crippen LogP contribution is 2.25. The molecule has 0 saturated carbocycles. The average molecular weight is 320 g/mol. The molecule has 0 atom stereocenters. The zero-order chi connectivity index (χ0) is 15.8. The molecular formula is C17H12N4OS. The Hall–Kier alpha value is -2.86.